The number of hydrazine groups is 1. The van der Waals surface area contributed by atoms with Crippen molar-refractivity contribution in [2.45, 2.75) is 102 Å². The molecule has 1 aromatic carbocycles. The summed E-state index contributed by atoms with van der Waals surface area (Å²) in [5.41, 5.74) is 9.27. The summed E-state index contributed by atoms with van der Waals surface area (Å²) in [5.74, 6) is -1.82. The molecule has 66 heavy (non-hydrogen) atoms. The van der Waals surface area contributed by atoms with E-state index in [0.717, 1.165) is 48.4 Å². The first kappa shape index (κ1) is 47.4. The molecule has 352 valence electrons. The average molecular weight is 1030 g/mol. The number of cyclic esters (lactones) is 1. The molecule has 16 nitrogen and oxygen atoms in total. The van der Waals surface area contributed by atoms with Gasteiger partial charge >= 0.3 is 230 Å². The summed E-state index contributed by atoms with van der Waals surface area (Å²) >= 11 is 0.883. The van der Waals surface area contributed by atoms with Crippen LogP contribution in [0.15, 0.2) is 54.6 Å². The fourth-order valence-corrected chi connectivity index (χ4v) is 13.1. The second-order valence-electron chi connectivity index (χ2n) is 18.5. The number of nitrogens with zero attached hydrogens (tertiary/aromatic N) is 7. The Labute approximate surface area is 400 Å². The van der Waals surface area contributed by atoms with E-state index in [2.05, 4.69) is 66.9 Å². The molecule has 4 aromatic rings. The van der Waals surface area contributed by atoms with Gasteiger partial charge in [0, 0.05) is 47.3 Å². The topological polar surface area (TPSA) is 171 Å². The SMILES string of the molecule is C=CC(=O)N1CC[N+](C(=O)N(C)[C@H](C(=O)N[C@H]2Cc3nc(cs3)-c3ccc4c(c3)c(c(-c3cccnc3[C@H](C)OC)n4CC)CC(C)(C)COC(=O)[C@@H]3CCCN(N3)C2=O)C(C)C)=C2[I-][C@@H]21. The van der Waals surface area contributed by atoms with Crippen LogP contribution in [0.1, 0.15) is 76.8 Å². The number of rotatable bonds is 9. The number of methoxy groups -OCH3 is 1. The van der Waals surface area contributed by atoms with Crippen LogP contribution in [-0.2, 0) is 48.0 Å². The van der Waals surface area contributed by atoms with E-state index in [1.54, 1.807) is 29.8 Å². The van der Waals surface area contributed by atoms with E-state index in [9.17, 15) is 24.0 Å². The molecule has 0 unspecified atom stereocenters. The molecule has 2 saturated heterocycles. The van der Waals surface area contributed by atoms with Crippen molar-refractivity contribution in [3.8, 4) is 22.5 Å². The number of carbonyl (C=O) groups excluding carboxylic acids is 5. The Morgan fingerprint density at radius 3 is 2.71 bits per heavy atom. The zero-order chi connectivity index (χ0) is 47.2. The molecular weight excluding hydrogens is 974 g/mol. The summed E-state index contributed by atoms with van der Waals surface area (Å²) in [7, 11) is 3.30. The van der Waals surface area contributed by atoms with Crippen LogP contribution >= 0.6 is 11.3 Å². The van der Waals surface area contributed by atoms with Gasteiger partial charge in [0.1, 0.15) is 0 Å². The maximum atomic E-state index is 14.7. The monoisotopic (exact) mass is 1030 g/mol. The third-order valence-electron chi connectivity index (χ3n) is 12.9. The quantitative estimate of drug-likeness (QED) is 0.0633. The number of amides is 5. The number of pyridine rings is 1. The fraction of sp³-hybridized carbons (Fsp3) is 0.500. The van der Waals surface area contributed by atoms with Crippen LogP contribution in [0.5, 0.6) is 0 Å². The van der Waals surface area contributed by atoms with Crippen molar-refractivity contribution in [1.82, 2.24) is 40.1 Å². The second kappa shape index (κ2) is 19.3. The van der Waals surface area contributed by atoms with Gasteiger partial charge in [-0.15, -0.1) is 0 Å². The van der Waals surface area contributed by atoms with E-state index >= 15 is 0 Å². The van der Waals surface area contributed by atoms with Gasteiger partial charge in [-0.2, -0.15) is 0 Å². The number of hydrogen-bond acceptors (Lipinski definition) is 11. The van der Waals surface area contributed by atoms with Crippen molar-refractivity contribution >= 4 is 55.7 Å². The van der Waals surface area contributed by atoms with Crippen LogP contribution in [0.3, 0.4) is 0 Å². The van der Waals surface area contributed by atoms with E-state index < -0.39 is 62.5 Å². The van der Waals surface area contributed by atoms with Crippen molar-refractivity contribution in [1.29, 1.82) is 0 Å². The Hall–Kier alpha value is -5.05. The molecule has 5 atom stereocenters. The molecule has 6 bridgehead atoms. The molecule has 7 heterocycles. The molecule has 0 spiro atoms. The van der Waals surface area contributed by atoms with Gasteiger partial charge in [0.2, 0.25) is 0 Å². The van der Waals surface area contributed by atoms with Gasteiger partial charge < -0.3 is 14.0 Å². The third-order valence-corrected chi connectivity index (χ3v) is 16.8. The van der Waals surface area contributed by atoms with E-state index in [1.165, 1.54) is 27.3 Å². The number of hydrogen-bond donors (Lipinski definition) is 2. The number of likely N-dealkylation sites (N-methyl/N-ethyl adjacent to an activating group) is 1. The normalized spacial score (nSPS) is 21.9. The number of halogens is 1. The number of nitrogens with one attached hydrogen (secondary N) is 2. The van der Waals surface area contributed by atoms with Gasteiger partial charge in [0.15, 0.2) is 0 Å². The first-order valence-corrected chi connectivity index (χ1v) is 25.9. The Balaban J connectivity index is 1.16. The van der Waals surface area contributed by atoms with Crippen molar-refractivity contribution in [2.75, 3.05) is 40.4 Å². The summed E-state index contributed by atoms with van der Waals surface area (Å²) in [5, 5.41) is 8.13. The number of fused-ring (bicyclic) bond motifs is 7. The Morgan fingerprint density at radius 1 is 1.20 bits per heavy atom. The van der Waals surface area contributed by atoms with Gasteiger partial charge in [-0.05, 0) is 56.5 Å². The van der Waals surface area contributed by atoms with Crippen LogP contribution in [0, 0.1) is 11.3 Å². The number of thiazole rings is 1. The fourth-order valence-electron chi connectivity index (χ4n) is 9.46. The molecule has 0 aliphatic carbocycles. The number of aromatic nitrogens is 3. The van der Waals surface area contributed by atoms with Crippen LogP contribution < -0.4 is 31.9 Å². The zero-order valence-corrected chi connectivity index (χ0v) is 41.9. The van der Waals surface area contributed by atoms with Crippen molar-refractivity contribution in [2.24, 2.45) is 11.3 Å². The minimum atomic E-state index is -1.08. The number of aryl methyl sites for hydroxylation is 1. The van der Waals surface area contributed by atoms with E-state index in [4.69, 9.17) is 19.4 Å². The van der Waals surface area contributed by atoms with Gasteiger partial charge in [-0.1, -0.05) is 19.9 Å². The van der Waals surface area contributed by atoms with Crippen LogP contribution in [-0.4, -0.2) is 130 Å². The molecule has 0 saturated carbocycles. The van der Waals surface area contributed by atoms with Crippen molar-refractivity contribution < 1.29 is 59.2 Å². The summed E-state index contributed by atoms with van der Waals surface area (Å²) in [6.07, 6.45) is 4.50. The van der Waals surface area contributed by atoms with Gasteiger partial charge in [0.25, 0.3) is 0 Å². The molecule has 8 rings (SSSR count). The van der Waals surface area contributed by atoms with Gasteiger partial charge in [-0.3, -0.25) is 9.78 Å². The summed E-state index contributed by atoms with van der Waals surface area (Å²) in [6, 6.07) is 7.31. The van der Waals surface area contributed by atoms with Crippen molar-refractivity contribution in [3.05, 3.63) is 70.8 Å². The molecular formula is C48H60IN9O7S. The summed E-state index contributed by atoms with van der Waals surface area (Å²) in [4.78, 5) is 82.7. The summed E-state index contributed by atoms with van der Waals surface area (Å²) in [6.45, 7) is 17.5. The maximum absolute atomic E-state index is 14.7. The first-order valence-electron chi connectivity index (χ1n) is 22.7. The Morgan fingerprint density at radius 2 is 1.98 bits per heavy atom. The minimum absolute atomic E-state index is 0.0479. The number of ether oxygens (including phenoxy) is 2. The standard InChI is InChI=1S/C48H60IN9O7S/c1-10-38(59)56-20-21-57(43-42(56)49-43)47(63)54(8)40(27(3)4)44(60)52-34-23-37-51-35(25-66-37)29-16-17-36-31(22-29)32(41(55(36)11-2)30-14-12-18-50-39(30)28(5)64-9)24-48(6,7)26-65-46(62)33-15-13-19-58(53-33)45(34)61/h10,12,14,16-18,22,25,27-28,33-34,40,42,53H,1,11,13,15,19-21,23-24,26H2,2-9H3,(H,52,60)/t28-,33-,34-,40-,42+/m0/s1. The van der Waals surface area contributed by atoms with Crippen LogP contribution in [0.25, 0.3) is 33.4 Å². The molecule has 2 fully saturated rings. The number of carbonyl (C=O) groups is 5. The predicted molar refractivity (Wildman–Crippen MR) is 247 cm³/mol. The Kier molecular flexibility index (Phi) is 13.9. The zero-order valence-electron chi connectivity index (χ0n) is 38.9. The first-order chi connectivity index (χ1) is 31.5. The van der Waals surface area contributed by atoms with E-state index in [1.807, 2.05) is 32.2 Å². The number of benzene rings is 1. The van der Waals surface area contributed by atoms with Crippen molar-refractivity contribution in [3.63, 3.8) is 0 Å². The number of urea groups is 1. The third kappa shape index (κ3) is 9.29. The van der Waals surface area contributed by atoms with Crippen LogP contribution in [0.4, 0.5) is 4.79 Å². The molecule has 4 aliphatic rings. The molecule has 18 heteroatoms. The van der Waals surface area contributed by atoms with E-state index in [0.29, 0.717) is 50.4 Å². The average Bonchev–Trinajstić information content (AvgIpc) is 3.89. The molecule has 0 radical (unpaired) electrons. The molecule has 3 aromatic heterocycles. The van der Waals surface area contributed by atoms with E-state index in [-0.39, 0.29) is 41.0 Å². The second-order valence-corrected chi connectivity index (χ2v) is 22.4. The predicted octanol–water partition coefficient (Wildman–Crippen LogP) is 2.15. The number of alkyl halides is 1. The van der Waals surface area contributed by atoms with Gasteiger partial charge in [0.05, 0.1) is 24.1 Å². The summed E-state index contributed by atoms with van der Waals surface area (Å²) < 4.78 is 16.8. The molecule has 4 aliphatic heterocycles. The molecule has 5 amide bonds. The van der Waals surface area contributed by atoms with Crippen LogP contribution in [0.2, 0.25) is 0 Å². The number of esters is 1. The Bertz CT molecular complexity index is 2620. The molecule has 2 N–H and O–H groups in total. The van der Waals surface area contributed by atoms with Gasteiger partial charge in [-0.25, -0.2) is 0 Å².